The molecule has 2 aromatic carbocycles. The number of hydrogen-bond donors (Lipinski definition) is 0. The van der Waals surface area contributed by atoms with Crippen LogP contribution in [-0.4, -0.2) is 37.7 Å². The Morgan fingerprint density at radius 3 is 2.38 bits per heavy atom. The predicted octanol–water partition coefficient (Wildman–Crippen LogP) is 3.93. The number of ether oxygens (including phenoxy) is 1. The molecule has 0 bridgehead atoms. The van der Waals surface area contributed by atoms with E-state index in [4.69, 9.17) is 16.3 Å². The molecule has 10 heteroatoms. The number of carbonyl (C=O) groups is 2. The largest absolute Gasteiger partial charge is 0.497 e. The van der Waals surface area contributed by atoms with Gasteiger partial charge in [-0.05, 0) is 60.0 Å². The molecule has 1 fully saturated rings. The Morgan fingerprint density at radius 2 is 1.78 bits per heavy atom. The summed E-state index contributed by atoms with van der Waals surface area (Å²) >= 11 is 7.29. The summed E-state index contributed by atoms with van der Waals surface area (Å²) in [4.78, 5) is 27.9. The summed E-state index contributed by atoms with van der Waals surface area (Å²) < 4.78 is 33.4. The van der Waals surface area contributed by atoms with Crippen LogP contribution in [0.4, 0.5) is 5.69 Å². The van der Waals surface area contributed by atoms with Crippen molar-refractivity contribution in [1.82, 2.24) is 4.31 Å². The molecule has 3 aromatic rings. The van der Waals surface area contributed by atoms with Gasteiger partial charge >= 0.3 is 0 Å². The van der Waals surface area contributed by atoms with E-state index in [0.29, 0.717) is 16.5 Å². The predicted molar refractivity (Wildman–Crippen MR) is 122 cm³/mol. The zero-order chi connectivity index (χ0) is 22.9. The lowest BCUT2D eigenvalue weighted by molar-refractivity contribution is -0.122. The van der Waals surface area contributed by atoms with Crippen molar-refractivity contribution in [2.24, 2.45) is 0 Å². The number of amides is 2. The van der Waals surface area contributed by atoms with Crippen LogP contribution in [-0.2, 0) is 26.2 Å². The third kappa shape index (κ3) is 4.29. The third-order valence-corrected chi connectivity index (χ3v) is 8.10. The summed E-state index contributed by atoms with van der Waals surface area (Å²) in [6, 6.07) is 14.6. The lowest BCUT2D eigenvalue weighted by Gasteiger charge is -2.26. The van der Waals surface area contributed by atoms with Gasteiger partial charge in [0.2, 0.25) is 15.9 Å². The highest BCUT2D eigenvalue weighted by Crippen LogP contribution is 2.32. The first-order valence-corrected chi connectivity index (χ1v) is 12.3. The minimum Gasteiger partial charge on any atom is -0.497 e. The second-order valence-corrected chi connectivity index (χ2v) is 10.4. The number of carbonyl (C=O) groups excluding carboxylic acids is 2. The van der Waals surface area contributed by atoms with Gasteiger partial charge in [-0.2, -0.15) is 4.31 Å². The summed E-state index contributed by atoms with van der Waals surface area (Å²) in [6.45, 7) is -0.0236. The van der Waals surface area contributed by atoms with Gasteiger partial charge in [-0.1, -0.05) is 17.7 Å². The highest BCUT2D eigenvalue weighted by atomic mass is 35.5. The van der Waals surface area contributed by atoms with Gasteiger partial charge in [-0.15, -0.1) is 11.3 Å². The molecule has 1 unspecified atom stereocenters. The molecule has 0 saturated carbocycles. The van der Waals surface area contributed by atoms with Gasteiger partial charge in [0.1, 0.15) is 11.8 Å². The molecule has 2 heterocycles. The molecule has 166 valence electrons. The molecule has 0 radical (unpaired) electrons. The van der Waals surface area contributed by atoms with Crippen LogP contribution in [0.3, 0.4) is 0 Å². The van der Waals surface area contributed by atoms with E-state index in [-0.39, 0.29) is 17.9 Å². The Kier molecular flexibility index (Phi) is 6.34. The molecular formula is C22H19ClN2O5S2. The molecule has 0 spiro atoms. The van der Waals surface area contributed by atoms with Crippen molar-refractivity contribution in [2.75, 3.05) is 12.0 Å². The minimum absolute atomic E-state index is 0.0139. The maximum Gasteiger partial charge on any atom is 0.252 e. The summed E-state index contributed by atoms with van der Waals surface area (Å²) in [6.07, 6.45) is -0.248. The Balaban J connectivity index is 1.72. The van der Waals surface area contributed by atoms with Crippen LogP contribution in [0.1, 0.15) is 11.3 Å². The lowest BCUT2D eigenvalue weighted by Crippen LogP contribution is -2.44. The molecule has 0 N–H and O–H groups in total. The number of thiophene rings is 1. The van der Waals surface area contributed by atoms with Gasteiger partial charge in [-0.25, -0.2) is 13.3 Å². The van der Waals surface area contributed by atoms with Crippen molar-refractivity contribution >= 4 is 50.5 Å². The first-order chi connectivity index (χ1) is 15.3. The standard InChI is InChI=1S/C22H19ClN2O5S2/c1-30-17-8-10-19(11-9-17)32(28,29)24(14-18-3-2-12-31-18)20-13-21(26)25(22(20)27)16-6-4-15(23)5-7-16/h2-12,20H,13-14H2,1H3. The lowest BCUT2D eigenvalue weighted by atomic mass is 10.2. The number of methoxy groups -OCH3 is 1. The molecule has 1 aliphatic heterocycles. The van der Waals surface area contributed by atoms with E-state index in [1.807, 2.05) is 5.38 Å². The number of nitrogens with zero attached hydrogens (tertiary/aromatic N) is 2. The van der Waals surface area contributed by atoms with E-state index in [1.165, 1.54) is 42.7 Å². The Hall–Kier alpha value is -2.72. The fraction of sp³-hybridized carbons (Fsp3) is 0.182. The van der Waals surface area contributed by atoms with Crippen molar-refractivity contribution in [3.05, 3.63) is 75.9 Å². The molecule has 7 nitrogen and oxygen atoms in total. The molecule has 32 heavy (non-hydrogen) atoms. The first-order valence-electron chi connectivity index (χ1n) is 9.62. The molecule has 1 aromatic heterocycles. The molecule has 4 rings (SSSR count). The zero-order valence-electron chi connectivity index (χ0n) is 17.0. The normalized spacial score (nSPS) is 16.7. The number of hydrogen-bond acceptors (Lipinski definition) is 6. The smallest absolute Gasteiger partial charge is 0.252 e. The number of halogens is 1. The van der Waals surface area contributed by atoms with Crippen molar-refractivity contribution in [3.63, 3.8) is 0 Å². The Labute approximate surface area is 194 Å². The third-order valence-electron chi connectivity index (χ3n) is 5.11. The fourth-order valence-corrected chi connectivity index (χ4v) is 5.97. The van der Waals surface area contributed by atoms with Crippen molar-refractivity contribution in [2.45, 2.75) is 23.9 Å². The van der Waals surface area contributed by atoms with Crippen LogP contribution < -0.4 is 9.64 Å². The van der Waals surface area contributed by atoms with E-state index in [0.717, 1.165) is 14.1 Å². The van der Waals surface area contributed by atoms with Gasteiger partial charge < -0.3 is 4.74 Å². The van der Waals surface area contributed by atoms with Gasteiger partial charge in [-0.3, -0.25) is 9.59 Å². The molecule has 1 atom stereocenters. The second kappa shape index (κ2) is 9.03. The quantitative estimate of drug-likeness (QED) is 0.468. The van der Waals surface area contributed by atoms with Gasteiger partial charge in [0.15, 0.2) is 0 Å². The second-order valence-electron chi connectivity index (χ2n) is 7.07. The van der Waals surface area contributed by atoms with Crippen molar-refractivity contribution in [1.29, 1.82) is 0 Å². The molecule has 0 aliphatic carbocycles. The summed E-state index contributed by atoms with van der Waals surface area (Å²) in [5.74, 6) is -0.552. The Morgan fingerprint density at radius 1 is 1.09 bits per heavy atom. The van der Waals surface area contributed by atoms with E-state index < -0.39 is 27.9 Å². The first kappa shape index (κ1) is 22.5. The molecule has 1 saturated heterocycles. The van der Waals surface area contributed by atoms with Crippen LogP contribution in [0.5, 0.6) is 5.75 Å². The average molecular weight is 491 g/mol. The highest BCUT2D eigenvalue weighted by molar-refractivity contribution is 7.89. The molecule has 2 amide bonds. The van der Waals surface area contributed by atoms with Crippen LogP contribution in [0.25, 0.3) is 0 Å². The average Bonchev–Trinajstić information content (AvgIpc) is 3.40. The Bertz CT molecular complexity index is 1230. The van der Waals surface area contributed by atoms with Crippen LogP contribution in [0.15, 0.2) is 70.9 Å². The summed E-state index contributed by atoms with van der Waals surface area (Å²) in [7, 11) is -2.60. The fourth-order valence-electron chi connectivity index (χ4n) is 3.50. The maximum absolute atomic E-state index is 13.6. The monoisotopic (exact) mass is 490 g/mol. The van der Waals surface area contributed by atoms with E-state index in [9.17, 15) is 18.0 Å². The topological polar surface area (TPSA) is 84.0 Å². The number of rotatable bonds is 7. The van der Waals surface area contributed by atoms with E-state index >= 15 is 0 Å². The van der Waals surface area contributed by atoms with E-state index in [1.54, 1.807) is 36.4 Å². The number of benzene rings is 2. The van der Waals surface area contributed by atoms with Crippen LogP contribution >= 0.6 is 22.9 Å². The van der Waals surface area contributed by atoms with Gasteiger partial charge in [0, 0.05) is 16.4 Å². The van der Waals surface area contributed by atoms with Crippen molar-refractivity contribution < 1.29 is 22.7 Å². The van der Waals surface area contributed by atoms with Crippen LogP contribution in [0, 0.1) is 0 Å². The number of imide groups is 1. The van der Waals surface area contributed by atoms with E-state index in [2.05, 4.69) is 0 Å². The van der Waals surface area contributed by atoms with Crippen molar-refractivity contribution in [3.8, 4) is 5.75 Å². The number of anilines is 1. The summed E-state index contributed by atoms with van der Waals surface area (Å²) in [5.41, 5.74) is 0.352. The minimum atomic E-state index is -4.09. The van der Waals surface area contributed by atoms with Crippen LogP contribution in [0.2, 0.25) is 5.02 Å². The molecular weight excluding hydrogens is 472 g/mol. The van der Waals surface area contributed by atoms with Gasteiger partial charge in [0.25, 0.3) is 5.91 Å². The zero-order valence-corrected chi connectivity index (χ0v) is 19.4. The molecule has 1 aliphatic rings. The number of sulfonamides is 1. The highest BCUT2D eigenvalue weighted by Gasteiger charge is 2.47. The van der Waals surface area contributed by atoms with Gasteiger partial charge in [0.05, 0.1) is 24.1 Å². The maximum atomic E-state index is 13.6. The SMILES string of the molecule is COc1ccc(S(=O)(=O)N(Cc2cccs2)C2CC(=O)N(c3ccc(Cl)cc3)C2=O)cc1. The summed E-state index contributed by atoms with van der Waals surface area (Å²) in [5, 5.41) is 2.29.